The van der Waals surface area contributed by atoms with Crippen LogP contribution in [0.1, 0.15) is 78.1 Å². The van der Waals surface area contributed by atoms with Crippen LogP contribution in [0.4, 0.5) is 0 Å². The van der Waals surface area contributed by atoms with Crippen LogP contribution in [0.25, 0.3) is 0 Å². The van der Waals surface area contributed by atoms with Gasteiger partial charge in [0.05, 0.1) is 0 Å². The summed E-state index contributed by atoms with van der Waals surface area (Å²) in [6.07, 6.45) is 17.6. The molecule has 2 rings (SSSR count). The third kappa shape index (κ3) is 5.94. The second-order valence-corrected chi connectivity index (χ2v) is 8.28. The Bertz CT molecular complexity index is 566. The summed E-state index contributed by atoms with van der Waals surface area (Å²) >= 11 is 0.781. The van der Waals surface area contributed by atoms with Crippen LogP contribution in [-0.2, 0) is 24.5 Å². The summed E-state index contributed by atoms with van der Waals surface area (Å²) in [6.45, 7) is 4.31. The normalized spacial score (nSPS) is 16.6. The van der Waals surface area contributed by atoms with Gasteiger partial charge in [0.2, 0.25) is 0 Å². The van der Waals surface area contributed by atoms with Crippen molar-refractivity contribution in [3.63, 3.8) is 0 Å². The van der Waals surface area contributed by atoms with E-state index in [2.05, 4.69) is 26.0 Å². The topological polar surface area (TPSA) is 34.1 Å². The molecule has 0 radical (unpaired) electrons. The number of carbonyl (C=O) groups excluding carboxylic acids is 2. The minimum atomic E-state index is 0.277. The maximum atomic E-state index is 12.5. The molecule has 0 unspecified atom stereocenters. The summed E-state index contributed by atoms with van der Waals surface area (Å²) < 4.78 is 2.41. The Morgan fingerprint density at radius 2 is 1.24 bits per heavy atom. The van der Waals surface area contributed by atoms with Crippen LogP contribution < -0.4 is 0 Å². The van der Waals surface area contributed by atoms with Crippen molar-refractivity contribution >= 4 is 11.6 Å². The first-order chi connectivity index (χ1) is 12.2. The van der Waals surface area contributed by atoms with Crippen LogP contribution in [0, 0.1) is 0 Å². The van der Waals surface area contributed by atoms with Crippen LogP contribution in [-0.4, -0.2) is 11.6 Å². The fourth-order valence-corrected chi connectivity index (χ4v) is 4.75. The van der Waals surface area contributed by atoms with Gasteiger partial charge in [0.25, 0.3) is 0 Å². The third-order valence-electron chi connectivity index (χ3n) is 4.55. The van der Waals surface area contributed by atoms with Gasteiger partial charge in [-0.25, -0.2) is 0 Å². The van der Waals surface area contributed by atoms with E-state index in [1.54, 1.807) is 0 Å². The molecule has 0 atom stereocenters. The molecule has 0 saturated carbocycles. The van der Waals surface area contributed by atoms with E-state index in [1.807, 2.05) is 12.2 Å². The van der Waals surface area contributed by atoms with Crippen LogP contribution in [0.3, 0.4) is 0 Å². The average Bonchev–Trinajstić information content (AvgIpc) is 3.25. The maximum absolute atomic E-state index is 12.5. The number of hydrogen-bond donors (Lipinski definition) is 0. The number of allylic oxidation sites excluding steroid dienone is 8. The van der Waals surface area contributed by atoms with Crippen LogP contribution in [0.15, 0.2) is 44.4 Å². The molecule has 0 aromatic heterocycles. The van der Waals surface area contributed by atoms with Crippen LogP contribution in [0.5, 0.6) is 0 Å². The third-order valence-corrected chi connectivity index (χ3v) is 6.27. The van der Waals surface area contributed by atoms with Crippen molar-refractivity contribution in [3.05, 3.63) is 44.4 Å². The zero-order valence-electron chi connectivity index (χ0n) is 15.6. The quantitative estimate of drug-likeness (QED) is 0.316. The Hall–Kier alpha value is -1.18. The van der Waals surface area contributed by atoms with Gasteiger partial charge in [-0.05, 0) is 0 Å². The zero-order chi connectivity index (χ0) is 18.1. The fraction of sp³-hybridized carbons (Fsp3) is 0.545. The molecule has 138 valence electrons. The molecule has 2 aliphatic carbocycles. The first-order valence-electron chi connectivity index (χ1n) is 9.65. The van der Waals surface area contributed by atoms with Gasteiger partial charge >= 0.3 is 159 Å². The van der Waals surface area contributed by atoms with E-state index in [4.69, 9.17) is 0 Å². The second-order valence-electron chi connectivity index (χ2n) is 6.67. The molecule has 0 N–H and O–H groups in total. The van der Waals surface area contributed by atoms with Gasteiger partial charge in [-0.2, -0.15) is 0 Å². The first kappa shape index (κ1) is 20.1. The standard InChI is InChI=1S/2C11H15O.Fe/c2*1-2-3-4-9-11(12)10-7-5-6-8-10;/h2*5,7H,2-4,6,9H2,1H3;. The predicted octanol–water partition coefficient (Wildman–Crippen LogP) is 5.80. The molecule has 0 bridgehead atoms. The van der Waals surface area contributed by atoms with E-state index in [1.165, 1.54) is 8.94 Å². The Morgan fingerprint density at radius 3 is 1.64 bits per heavy atom. The van der Waals surface area contributed by atoms with E-state index in [0.717, 1.165) is 77.5 Å². The monoisotopic (exact) mass is 382 g/mol. The van der Waals surface area contributed by atoms with Crippen molar-refractivity contribution in [1.82, 2.24) is 0 Å². The van der Waals surface area contributed by atoms with E-state index in [0.29, 0.717) is 12.8 Å². The molecule has 0 saturated heterocycles. The van der Waals surface area contributed by atoms with Gasteiger partial charge in [-0.15, -0.1) is 0 Å². The molecule has 0 aromatic carbocycles. The minimum absolute atomic E-state index is 0.277. The van der Waals surface area contributed by atoms with Crippen molar-refractivity contribution in [2.24, 2.45) is 0 Å². The van der Waals surface area contributed by atoms with Gasteiger partial charge in [0.1, 0.15) is 0 Å². The summed E-state index contributed by atoms with van der Waals surface area (Å²) in [5, 5.41) is 0. The molecule has 3 heteroatoms. The van der Waals surface area contributed by atoms with Crippen LogP contribution >= 0.6 is 0 Å². The zero-order valence-corrected chi connectivity index (χ0v) is 16.7. The average molecular weight is 382 g/mol. The molecule has 25 heavy (non-hydrogen) atoms. The van der Waals surface area contributed by atoms with Gasteiger partial charge in [-0.3, -0.25) is 0 Å². The van der Waals surface area contributed by atoms with Crippen molar-refractivity contribution in [2.45, 2.75) is 78.1 Å². The Morgan fingerprint density at radius 1 is 0.800 bits per heavy atom. The van der Waals surface area contributed by atoms with E-state index in [-0.39, 0.29) is 11.6 Å². The van der Waals surface area contributed by atoms with Gasteiger partial charge in [0.15, 0.2) is 0 Å². The Balaban J connectivity index is 2.03. The van der Waals surface area contributed by atoms with E-state index in [9.17, 15) is 9.59 Å². The molecular formula is C22H30FeO2. The molecule has 0 amide bonds. The Labute approximate surface area is 158 Å². The summed E-state index contributed by atoms with van der Waals surface area (Å²) in [5.74, 6) is 0.555. The van der Waals surface area contributed by atoms with Crippen LogP contribution in [0.2, 0.25) is 0 Å². The van der Waals surface area contributed by atoms with E-state index >= 15 is 0 Å². The first-order valence-corrected chi connectivity index (χ1v) is 10.8. The number of hydrogen-bond acceptors (Lipinski definition) is 2. The molecule has 0 spiro atoms. The number of carbonyl (C=O) groups is 2. The summed E-state index contributed by atoms with van der Waals surface area (Å²) in [4.78, 5) is 25.0. The van der Waals surface area contributed by atoms with Crippen molar-refractivity contribution in [3.8, 4) is 0 Å². The van der Waals surface area contributed by atoms with Gasteiger partial charge in [-0.1, -0.05) is 0 Å². The molecule has 0 fully saturated rings. The van der Waals surface area contributed by atoms with Gasteiger partial charge in [0, 0.05) is 0 Å². The molecule has 2 aliphatic rings. The number of ketones is 2. The number of Topliss-reactive ketones (excluding diaryl/α,β-unsaturated/α-hetero) is 2. The summed E-state index contributed by atoms with van der Waals surface area (Å²) in [5.41, 5.74) is 1.82. The number of rotatable bonds is 12. The van der Waals surface area contributed by atoms with Gasteiger partial charge < -0.3 is 0 Å². The molecular weight excluding hydrogens is 352 g/mol. The molecule has 0 aliphatic heterocycles. The SMILES string of the molecule is CCCCCC(=O)C1=[C]([Fe][C]2=C(C(=O)CCCCC)C=CC2)CC=C1. The van der Waals surface area contributed by atoms with E-state index < -0.39 is 0 Å². The fourth-order valence-electron chi connectivity index (χ4n) is 3.07. The summed E-state index contributed by atoms with van der Waals surface area (Å²) in [7, 11) is 0. The second kappa shape index (κ2) is 10.7. The van der Waals surface area contributed by atoms with Crippen molar-refractivity contribution in [2.75, 3.05) is 0 Å². The number of unbranched alkanes of at least 4 members (excludes halogenated alkanes) is 4. The Kier molecular flexibility index (Phi) is 8.64. The van der Waals surface area contributed by atoms with Crippen molar-refractivity contribution in [1.29, 1.82) is 0 Å². The molecule has 2 nitrogen and oxygen atoms in total. The molecule has 0 heterocycles. The van der Waals surface area contributed by atoms with Crippen molar-refractivity contribution < 1.29 is 24.5 Å². The summed E-state index contributed by atoms with van der Waals surface area (Å²) in [6, 6.07) is 0. The predicted molar refractivity (Wildman–Crippen MR) is 99.9 cm³/mol. The molecule has 0 aromatic rings.